The number of carboxylic acids is 1. The minimum Gasteiger partial charge on any atom is -0.481 e. The van der Waals surface area contributed by atoms with Crippen molar-refractivity contribution in [1.82, 2.24) is 0 Å². The number of carboxylic acid groups (broad SMARTS) is 1. The molecule has 1 aromatic rings. The molecule has 0 fully saturated rings. The second-order valence-electron chi connectivity index (χ2n) is 5.04. The predicted octanol–water partition coefficient (Wildman–Crippen LogP) is 1.95. The molecule has 1 unspecified atom stereocenters. The average Bonchev–Trinajstić information content (AvgIpc) is 2.93. The zero-order chi connectivity index (χ0) is 14.6. The number of carbonyl (C=O) groups is 1. The molecule has 2 rings (SSSR count). The fourth-order valence-electron chi connectivity index (χ4n) is 2.36. The van der Waals surface area contributed by atoms with Gasteiger partial charge in [0, 0.05) is 13.0 Å². The van der Waals surface area contributed by atoms with Crippen molar-refractivity contribution in [3.8, 4) is 0 Å². The van der Waals surface area contributed by atoms with E-state index in [4.69, 9.17) is 0 Å². The lowest BCUT2D eigenvalue weighted by atomic mass is 10.0. The largest absolute Gasteiger partial charge is 0.481 e. The number of rotatable bonds is 6. The third-order valence-corrected chi connectivity index (χ3v) is 5.56. The second kappa shape index (κ2) is 6.44. The van der Waals surface area contributed by atoms with Gasteiger partial charge in [-0.05, 0) is 18.4 Å². The molecule has 1 atom stereocenters. The fraction of sp³-hybridized carbons (Fsp3) is 0.429. The van der Waals surface area contributed by atoms with Crippen molar-refractivity contribution >= 4 is 19.1 Å². The first kappa shape index (κ1) is 15.1. The van der Waals surface area contributed by atoms with Crippen molar-refractivity contribution in [3.05, 3.63) is 35.9 Å². The Morgan fingerprint density at radius 2 is 2.00 bits per heavy atom. The van der Waals surface area contributed by atoms with Gasteiger partial charge in [-0.2, -0.15) is 0 Å². The molecular formula is C14H19NO4P+. The van der Waals surface area contributed by atoms with E-state index in [1.54, 1.807) is 0 Å². The molecule has 6 heteroatoms. The zero-order valence-electron chi connectivity index (χ0n) is 11.1. The van der Waals surface area contributed by atoms with Crippen LogP contribution in [-0.2, 0) is 11.2 Å². The van der Waals surface area contributed by atoms with E-state index in [0.717, 1.165) is 12.0 Å². The van der Waals surface area contributed by atoms with Gasteiger partial charge >= 0.3 is 13.7 Å². The van der Waals surface area contributed by atoms with Gasteiger partial charge in [-0.25, -0.2) is 9.79 Å². The van der Waals surface area contributed by atoms with Crippen molar-refractivity contribution in [2.45, 2.75) is 19.3 Å². The molecule has 1 aliphatic heterocycles. The summed E-state index contributed by atoms with van der Waals surface area (Å²) in [5, 5.41) is 9.30. The van der Waals surface area contributed by atoms with E-state index in [2.05, 4.69) is 4.99 Å². The number of aliphatic carboxylic acids is 1. The molecule has 5 nitrogen and oxygen atoms in total. The topological polar surface area (TPSA) is 90.1 Å². The first-order valence-corrected chi connectivity index (χ1v) is 8.51. The van der Waals surface area contributed by atoms with E-state index in [9.17, 15) is 19.7 Å². The lowest BCUT2D eigenvalue weighted by Crippen LogP contribution is -2.24. The molecule has 0 spiro atoms. The fourth-order valence-corrected chi connectivity index (χ4v) is 4.31. The average molecular weight is 296 g/mol. The van der Waals surface area contributed by atoms with Gasteiger partial charge in [0.05, 0.1) is 5.92 Å². The summed E-state index contributed by atoms with van der Waals surface area (Å²) >= 11 is 0. The smallest absolute Gasteiger partial charge is 0.314 e. The minimum atomic E-state index is -3.37. The van der Waals surface area contributed by atoms with Crippen LogP contribution in [0.1, 0.15) is 18.4 Å². The van der Waals surface area contributed by atoms with Gasteiger partial charge in [-0.1, -0.05) is 30.3 Å². The summed E-state index contributed by atoms with van der Waals surface area (Å²) < 4.78 is 0. The number of nitrogens with zero attached hydrogens (tertiary/aromatic N) is 1. The van der Waals surface area contributed by atoms with Crippen LogP contribution in [0.5, 0.6) is 0 Å². The molecule has 1 aromatic carbocycles. The van der Waals surface area contributed by atoms with Gasteiger partial charge in [0.25, 0.3) is 0 Å². The standard InChI is InChI=1S/C14H18NO4P/c16-14(17)12(9-11-5-2-1-3-6-11)10-20(18,19)13-7-4-8-15-13/h1-3,5-6,12,18-19H,4,7-10H2/p+1. The summed E-state index contributed by atoms with van der Waals surface area (Å²) in [4.78, 5) is 35.8. The first-order valence-electron chi connectivity index (χ1n) is 6.63. The van der Waals surface area contributed by atoms with Gasteiger partial charge in [0.15, 0.2) is 0 Å². The van der Waals surface area contributed by atoms with Crippen LogP contribution in [0.2, 0.25) is 0 Å². The molecule has 3 N–H and O–H groups in total. The highest BCUT2D eigenvalue weighted by atomic mass is 31.2. The first-order chi connectivity index (χ1) is 9.49. The zero-order valence-corrected chi connectivity index (χ0v) is 12.0. The van der Waals surface area contributed by atoms with Gasteiger partial charge in [-0.3, -0.25) is 9.79 Å². The third kappa shape index (κ3) is 3.85. The Balaban J connectivity index is 2.07. The van der Waals surface area contributed by atoms with Crippen LogP contribution in [0.25, 0.3) is 0 Å². The maximum Gasteiger partial charge on any atom is 0.314 e. The summed E-state index contributed by atoms with van der Waals surface area (Å²) in [6.45, 7) is 0.606. The molecule has 1 aliphatic rings. The Morgan fingerprint density at radius 3 is 2.55 bits per heavy atom. The number of hydrogen-bond donors (Lipinski definition) is 3. The monoisotopic (exact) mass is 296 g/mol. The van der Waals surface area contributed by atoms with Gasteiger partial charge < -0.3 is 5.11 Å². The molecule has 0 saturated heterocycles. The molecule has 108 valence electrons. The van der Waals surface area contributed by atoms with Crippen LogP contribution in [0.4, 0.5) is 0 Å². The normalized spacial score (nSPS) is 16.8. The summed E-state index contributed by atoms with van der Waals surface area (Å²) in [6, 6.07) is 9.24. The van der Waals surface area contributed by atoms with E-state index >= 15 is 0 Å². The maximum absolute atomic E-state index is 11.4. The Kier molecular flexibility index (Phi) is 4.86. The van der Waals surface area contributed by atoms with Gasteiger partial charge in [0.1, 0.15) is 6.16 Å². The Morgan fingerprint density at radius 1 is 1.30 bits per heavy atom. The highest BCUT2D eigenvalue weighted by Gasteiger charge is 2.46. The molecule has 0 radical (unpaired) electrons. The molecule has 0 bridgehead atoms. The Bertz CT molecular complexity index is 501. The van der Waals surface area contributed by atoms with Crippen molar-refractivity contribution < 1.29 is 19.7 Å². The lowest BCUT2D eigenvalue weighted by molar-refractivity contribution is -0.141. The molecule has 1 heterocycles. The van der Waals surface area contributed by atoms with E-state index in [1.165, 1.54) is 0 Å². The van der Waals surface area contributed by atoms with E-state index in [0.29, 0.717) is 24.8 Å². The lowest BCUT2D eigenvalue weighted by Gasteiger charge is -2.17. The molecule has 0 aromatic heterocycles. The molecular weight excluding hydrogens is 277 g/mol. The highest BCUT2D eigenvalue weighted by molar-refractivity contribution is 7.81. The number of hydrogen-bond acceptors (Lipinski definition) is 4. The van der Waals surface area contributed by atoms with Crippen LogP contribution in [0.3, 0.4) is 0 Å². The van der Waals surface area contributed by atoms with E-state index in [-0.39, 0.29) is 6.16 Å². The van der Waals surface area contributed by atoms with E-state index < -0.39 is 19.6 Å². The van der Waals surface area contributed by atoms with Crippen LogP contribution >= 0.6 is 7.72 Å². The number of aliphatic imine (C=N–C) groups is 1. The Hall–Kier alpha value is -1.29. The maximum atomic E-state index is 11.4. The van der Waals surface area contributed by atoms with Gasteiger partial charge in [0.2, 0.25) is 5.45 Å². The van der Waals surface area contributed by atoms with E-state index in [1.807, 2.05) is 30.3 Å². The minimum absolute atomic E-state index is 0.129. The summed E-state index contributed by atoms with van der Waals surface area (Å²) in [5.74, 6) is -1.80. The van der Waals surface area contributed by atoms with Crippen LogP contribution < -0.4 is 0 Å². The molecule has 0 amide bonds. The van der Waals surface area contributed by atoms with Crippen molar-refractivity contribution in [2.75, 3.05) is 12.7 Å². The van der Waals surface area contributed by atoms with Crippen LogP contribution in [-0.4, -0.2) is 39.0 Å². The van der Waals surface area contributed by atoms with Crippen LogP contribution in [0.15, 0.2) is 35.3 Å². The third-order valence-electron chi connectivity index (χ3n) is 3.42. The van der Waals surface area contributed by atoms with Crippen LogP contribution in [0, 0.1) is 5.92 Å². The molecule has 0 aliphatic carbocycles. The highest BCUT2D eigenvalue weighted by Crippen LogP contribution is 2.55. The molecule has 20 heavy (non-hydrogen) atoms. The summed E-state index contributed by atoms with van der Waals surface area (Å²) in [7, 11) is -3.37. The van der Waals surface area contributed by atoms with Crippen molar-refractivity contribution in [2.24, 2.45) is 10.9 Å². The predicted molar refractivity (Wildman–Crippen MR) is 79.0 cm³/mol. The van der Waals surface area contributed by atoms with Crippen molar-refractivity contribution in [3.63, 3.8) is 0 Å². The van der Waals surface area contributed by atoms with Crippen molar-refractivity contribution in [1.29, 1.82) is 0 Å². The summed E-state index contributed by atoms with van der Waals surface area (Å²) in [5.41, 5.74) is 1.30. The summed E-state index contributed by atoms with van der Waals surface area (Å²) in [6.07, 6.45) is 1.55. The Labute approximate surface area is 118 Å². The quantitative estimate of drug-likeness (QED) is 0.700. The number of benzene rings is 1. The SMILES string of the molecule is O=C(O)C(Cc1ccccc1)C[P+](O)(O)C1=NCCC1. The van der Waals surface area contributed by atoms with Gasteiger partial charge in [-0.15, -0.1) is 0 Å². The molecule has 0 saturated carbocycles. The second-order valence-corrected chi connectivity index (χ2v) is 7.38.